The van der Waals surface area contributed by atoms with Crippen LogP contribution in [0, 0.1) is 0 Å². The molecule has 1 heterocycles. The van der Waals surface area contributed by atoms with Crippen molar-refractivity contribution in [3.05, 3.63) is 35.1 Å². The average molecular weight is 237 g/mol. The van der Waals surface area contributed by atoms with E-state index >= 15 is 0 Å². The fraction of sp³-hybridized carbons (Fsp3) is 0.182. The molecule has 0 atom stereocenters. The summed E-state index contributed by atoms with van der Waals surface area (Å²) in [5.74, 6) is 0.800. The third-order valence-corrected chi connectivity index (χ3v) is 2.22. The molecule has 0 saturated heterocycles. The molecule has 0 unspecified atom stereocenters. The normalized spacial score (nSPS) is 10.4. The second kappa shape index (κ2) is 4.45. The molecule has 0 spiro atoms. The molecule has 0 saturated carbocycles. The van der Waals surface area contributed by atoms with Gasteiger partial charge in [0.1, 0.15) is 5.78 Å². The molecular formula is C11H9ClN2O2. The topological polar surface area (TPSA) is 56.0 Å². The van der Waals surface area contributed by atoms with Crippen LogP contribution in [0.2, 0.25) is 5.02 Å². The first-order valence-electron chi connectivity index (χ1n) is 4.73. The first-order valence-corrected chi connectivity index (χ1v) is 5.11. The van der Waals surface area contributed by atoms with Gasteiger partial charge in [0.25, 0.3) is 5.89 Å². The van der Waals surface area contributed by atoms with Crippen LogP contribution in [0.1, 0.15) is 12.7 Å². The van der Waals surface area contributed by atoms with Gasteiger partial charge in [0, 0.05) is 10.6 Å². The minimum Gasteiger partial charge on any atom is -0.334 e. The Kier molecular flexibility index (Phi) is 3.01. The molecule has 0 N–H and O–H groups in total. The average Bonchev–Trinajstić information content (AvgIpc) is 2.66. The molecule has 4 nitrogen and oxygen atoms in total. The zero-order chi connectivity index (χ0) is 11.5. The molecule has 0 aliphatic rings. The molecule has 82 valence electrons. The zero-order valence-electron chi connectivity index (χ0n) is 8.61. The fourth-order valence-corrected chi connectivity index (χ4v) is 1.38. The predicted molar refractivity (Wildman–Crippen MR) is 59.1 cm³/mol. The Morgan fingerprint density at radius 1 is 1.38 bits per heavy atom. The van der Waals surface area contributed by atoms with E-state index in [0.29, 0.717) is 16.7 Å². The Balaban J connectivity index is 2.24. The third kappa shape index (κ3) is 2.46. The van der Waals surface area contributed by atoms with Gasteiger partial charge in [-0.25, -0.2) is 0 Å². The summed E-state index contributed by atoms with van der Waals surface area (Å²) in [4.78, 5) is 15.0. The standard InChI is InChI=1S/C11H9ClN2O2/c1-7(15)6-10-13-11(16-14-10)8-2-4-9(12)5-3-8/h2-5H,6H2,1H3. The van der Waals surface area contributed by atoms with Gasteiger partial charge >= 0.3 is 0 Å². The summed E-state index contributed by atoms with van der Waals surface area (Å²) >= 11 is 5.76. The van der Waals surface area contributed by atoms with Crippen molar-refractivity contribution in [1.82, 2.24) is 10.1 Å². The van der Waals surface area contributed by atoms with Crippen molar-refractivity contribution in [2.45, 2.75) is 13.3 Å². The molecule has 0 amide bonds. The van der Waals surface area contributed by atoms with Crippen LogP contribution in [-0.2, 0) is 11.2 Å². The zero-order valence-corrected chi connectivity index (χ0v) is 9.36. The highest BCUT2D eigenvalue weighted by atomic mass is 35.5. The molecule has 1 aromatic carbocycles. The lowest BCUT2D eigenvalue weighted by atomic mass is 10.2. The van der Waals surface area contributed by atoms with E-state index in [1.807, 2.05) is 0 Å². The van der Waals surface area contributed by atoms with Crippen LogP contribution in [0.3, 0.4) is 0 Å². The molecule has 16 heavy (non-hydrogen) atoms. The number of benzene rings is 1. The highest BCUT2D eigenvalue weighted by Gasteiger charge is 2.09. The van der Waals surface area contributed by atoms with Gasteiger partial charge in [0.05, 0.1) is 6.42 Å². The van der Waals surface area contributed by atoms with Crippen molar-refractivity contribution in [2.75, 3.05) is 0 Å². The van der Waals surface area contributed by atoms with Crippen molar-refractivity contribution >= 4 is 17.4 Å². The van der Waals surface area contributed by atoms with E-state index in [-0.39, 0.29) is 12.2 Å². The van der Waals surface area contributed by atoms with Gasteiger partial charge in [-0.2, -0.15) is 4.98 Å². The summed E-state index contributed by atoms with van der Waals surface area (Å²) in [6.45, 7) is 1.48. The number of nitrogens with zero attached hydrogens (tertiary/aromatic N) is 2. The monoisotopic (exact) mass is 236 g/mol. The molecule has 0 aliphatic heterocycles. The second-order valence-electron chi connectivity index (χ2n) is 3.40. The summed E-state index contributed by atoms with van der Waals surface area (Å²) in [7, 11) is 0. The van der Waals surface area contributed by atoms with Crippen molar-refractivity contribution in [3.8, 4) is 11.5 Å². The van der Waals surface area contributed by atoms with E-state index < -0.39 is 0 Å². The van der Waals surface area contributed by atoms with Crippen LogP contribution in [0.25, 0.3) is 11.5 Å². The molecular weight excluding hydrogens is 228 g/mol. The minimum atomic E-state index is 0.00320. The number of rotatable bonds is 3. The van der Waals surface area contributed by atoms with Gasteiger partial charge in [0.15, 0.2) is 5.82 Å². The first kappa shape index (κ1) is 10.8. The van der Waals surface area contributed by atoms with E-state index in [0.717, 1.165) is 5.56 Å². The molecule has 0 aliphatic carbocycles. The van der Waals surface area contributed by atoms with Crippen LogP contribution in [-0.4, -0.2) is 15.9 Å². The number of Topliss-reactive ketones (excluding diaryl/α,β-unsaturated/α-hetero) is 1. The third-order valence-electron chi connectivity index (χ3n) is 1.97. The molecule has 0 radical (unpaired) electrons. The molecule has 2 aromatic rings. The number of hydrogen-bond acceptors (Lipinski definition) is 4. The van der Waals surface area contributed by atoms with Gasteiger partial charge in [-0.05, 0) is 31.2 Å². The maximum Gasteiger partial charge on any atom is 0.257 e. The van der Waals surface area contributed by atoms with Crippen LogP contribution < -0.4 is 0 Å². The van der Waals surface area contributed by atoms with Crippen LogP contribution in [0.4, 0.5) is 0 Å². The Morgan fingerprint density at radius 2 is 2.06 bits per heavy atom. The Labute approximate surface area is 97.2 Å². The number of halogens is 1. The lowest BCUT2D eigenvalue weighted by molar-refractivity contribution is -0.116. The smallest absolute Gasteiger partial charge is 0.257 e. The fourth-order valence-electron chi connectivity index (χ4n) is 1.26. The highest BCUT2D eigenvalue weighted by molar-refractivity contribution is 6.30. The largest absolute Gasteiger partial charge is 0.334 e. The Bertz CT molecular complexity index is 505. The molecule has 5 heteroatoms. The molecule has 1 aromatic heterocycles. The minimum absolute atomic E-state index is 0.00320. The SMILES string of the molecule is CC(=O)Cc1noc(-c2ccc(Cl)cc2)n1. The van der Waals surface area contributed by atoms with Gasteiger partial charge in [-0.1, -0.05) is 16.8 Å². The first-order chi connectivity index (χ1) is 7.65. The van der Waals surface area contributed by atoms with Gasteiger partial charge in [-0.15, -0.1) is 0 Å². The summed E-state index contributed by atoms with van der Waals surface area (Å²) in [6.07, 6.45) is 0.192. The van der Waals surface area contributed by atoms with Crippen LogP contribution >= 0.6 is 11.6 Å². The maximum atomic E-state index is 10.9. The van der Waals surface area contributed by atoms with Gasteiger partial charge in [0.2, 0.25) is 0 Å². The number of aromatic nitrogens is 2. The van der Waals surface area contributed by atoms with E-state index in [1.165, 1.54) is 6.92 Å². The molecule has 0 bridgehead atoms. The molecule has 0 fully saturated rings. The van der Waals surface area contributed by atoms with Crippen molar-refractivity contribution < 1.29 is 9.32 Å². The van der Waals surface area contributed by atoms with E-state index in [9.17, 15) is 4.79 Å². The van der Waals surface area contributed by atoms with E-state index in [4.69, 9.17) is 16.1 Å². The second-order valence-corrected chi connectivity index (χ2v) is 3.84. The van der Waals surface area contributed by atoms with Crippen molar-refractivity contribution in [2.24, 2.45) is 0 Å². The summed E-state index contributed by atoms with van der Waals surface area (Å²) in [5.41, 5.74) is 0.784. The van der Waals surface area contributed by atoms with Crippen LogP contribution in [0.15, 0.2) is 28.8 Å². The number of hydrogen-bond donors (Lipinski definition) is 0. The quantitative estimate of drug-likeness (QED) is 0.822. The Morgan fingerprint density at radius 3 is 2.69 bits per heavy atom. The molecule has 2 rings (SSSR count). The number of carbonyl (C=O) groups is 1. The van der Waals surface area contributed by atoms with Crippen molar-refractivity contribution in [1.29, 1.82) is 0 Å². The Hall–Kier alpha value is -1.68. The van der Waals surface area contributed by atoms with E-state index in [2.05, 4.69) is 10.1 Å². The summed E-state index contributed by atoms with van der Waals surface area (Å²) in [6, 6.07) is 7.05. The predicted octanol–water partition coefficient (Wildman–Crippen LogP) is 2.52. The van der Waals surface area contributed by atoms with E-state index in [1.54, 1.807) is 24.3 Å². The highest BCUT2D eigenvalue weighted by Crippen LogP contribution is 2.19. The lowest BCUT2D eigenvalue weighted by Crippen LogP contribution is -1.97. The summed E-state index contributed by atoms with van der Waals surface area (Å²) < 4.78 is 5.04. The maximum absolute atomic E-state index is 10.9. The van der Waals surface area contributed by atoms with Gasteiger partial charge < -0.3 is 4.52 Å². The number of carbonyl (C=O) groups excluding carboxylic acids is 1. The lowest BCUT2D eigenvalue weighted by Gasteiger charge is -1.92. The van der Waals surface area contributed by atoms with Crippen LogP contribution in [0.5, 0.6) is 0 Å². The number of ketones is 1. The van der Waals surface area contributed by atoms with Crippen molar-refractivity contribution in [3.63, 3.8) is 0 Å². The summed E-state index contributed by atoms with van der Waals surface area (Å²) in [5, 5.41) is 4.36. The van der Waals surface area contributed by atoms with Gasteiger partial charge in [-0.3, -0.25) is 4.79 Å².